The summed E-state index contributed by atoms with van der Waals surface area (Å²) in [5, 5.41) is 3.22. The molecule has 1 aromatic carbocycles. The SMILES string of the molecule is Cc1ccc(F)cc1CNCC1CCN(CC(F)(F)F)C1. The zero-order chi connectivity index (χ0) is 15.5. The monoisotopic (exact) mass is 304 g/mol. The molecule has 0 bridgehead atoms. The van der Waals surface area contributed by atoms with Crippen LogP contribution in [0.1, 0.15) is 17.5 Å². The van der Waals surface area contributed by atoms with E-state index in [-0.39, 0.29) is 11.7 Å². The second kappa shape index (κ2) is 6.75. The van der Waals surface area contributed by atoms with E-state index in [0.29, 0.717) is 26.2 Å². The number of benzene rings is 1. The van der Waals surface area contributed by atoms with Crippen LogP contribution in [-0.2, 0) is 6.54 Å². The van der Waals surface area contributed by atoms with Gasteiger partial charge in [0.05, 0.1) is 6.54 Å². The average molecular weight is 304 g/mol. The number of hydrogen-bond acceptors (Lipinski definition) is 2. The Labute approximate surface area is 122 Å². The highest BCUT2D eigenvalue weighted by Gasteiger charge is 2.34. The lowest BCUT2D eigenvalue weighted by atomic mass is 10.1. The normalized spacial score (nSPS) is 20.1. The number of aryl methyl sites for hydroxylation is 1. The van der Waals surface area contributed by atoms with Crippen molar-refractivity contribution >= 4 is 0 Å². The molecule has 1 aliphatic rings. The van der Waals surface area contributed by atoms with Crippen molar-refractivity contribution in [3.8, 4) is 0 Å². The van der Waals surface area contributed by atoms with Gasteiger partial charge in [0.25, 0.3) is 0 Å². The Morgan fingerprint density at radius 1 is 1.33 bits per heavy atom. The van der Waals surface area contributed by atoms with E-state index >= 15 is 0 Å². The molecule has 0 saturated carbocycles. The Balaban J connectivity index is 1.74. The second-order valence-corrected chi connectivity index (χ2v) is 5.71. The van der Waals surface area contributed by atoms with Gasteiger partial charge < -0.3 is 5.32 Å². The van der Waals surface area contributed by atoms with Gasteiger partial charge in [-0.1, -0.05) is 6.07 Å². The third-order valence-corrected chi connectivity index (χ3v) is 3.83. The van der Waals surface area contributed by atoms with Gasteiger partial charge in [0.1, 0.15) is 5.82 Å². The van der Waals surface area contributed by atoms with Crippen molar-refractivity contribution in [1.29, 1.82) is 0 Å². The lowest BCUT2D eigenvalue weighted by Gasteiger charge is -2.18. The predicted molar refractivity (Wildman–Crippen MR) is 73.4 cm³/mol. The van der Waals surface area contributed by atoms with Crippen molar-refractivity contribution in [3.63, 3.8) is 0 Å². The van der Waals surface area contributed by atoms with E-state index in [0.717, 1.165) is 17.5 Å². The third kappa shape index (κ3) is 5.28. The highest BCUT2D eigenvalue weighted by atomic mass is 19.4. The highest BCUT2D eigenvalue weighted by Crippen LogP contribution is 2.22. The van der Waals surface area contributed by atoms with E-state index in [9.17, 15) is 17.6 Å². The number of halogens is 4. The largest absolute Gasteiger partial charge is 0.401 e. The second-order valence-electron chi connectivity index (χ2n) is 5.71. The van der Waals surface area contributed by atoms with Crippen molar-refractivity contribution in [2.75, 3.05) is 26.2 Å². The van der Waals surface area contributed by atoms with Crippen molar-refractivity contribution in [1.82, 2.24) is 10.2 Å². The molecule has 0 aromatic heterocycles. The standard InChI is InChI=1S/C15H20F4N2/c1-11-2-3-14(16)6-13(11)8-20-7-12-4-5-21(9-12)10-15(17,18)19/h2-3,6,12,20H,4-5,7-10H2,1H3. The molecule has 2 rings (SSSR count). The summed E-state index contributed by atoms with van der Waals surface area (Å²) in [4.78, 5) is 1.44. The molecule has 1 atom stereocenters. The molecule has 1 saturated heterocycles. The Morgan fingerprint density at radius 2 is 2.10 bits per heavy atom. The first-order chi connectivity index (χ1) is 9.83. The van der Waals surface area contributed by atoms with Crippen LogP contribution in [0.15, 0.2) is 18.2 Å². The maximum Gasteiger partial charge on any atom is 0.401 e. The first kappa shape index (κ1) is 16.2. The third-order valence-electron chi connectivity index (χ3n) is 3.83. The van der Waals surface area contributed by atoms with Gasteiger partial charge >= 0.3 is 6.18 Å². The van der Waals surface area contributed by atoms with E-state index < -0.39 is 12.7 Å². The molecule has 1 unspecified atom stereocenters. The Bertz CT molecular complexity index is 473. The fraction of sp³-hybridized carbons (Fsp3) is 0.600. The number of hydrogen-bond donors (Lipinski definition) is 1. The zero-order valence-electron chi connectivity index (χ0n) is 12.0. The summed E-state index contributed by atoms with van der Waals surface area (Å²) in [6, 6.07) is 4.64. The first-order valence-electron chi connectivity index (χ1n) is 7.08. The lowest BCUT2D eigenvalue weighted by Crippen LogP contribution is -2.33. The van der Waals surface area contributed by atoms with Gasteiger partial charge in [-0.25, -0.2) is 4.39 Å². The minimum atomic E-state index is -4.12. The topological polar surface area (TPSA) is 15.3 Å². The van der Waals surface area contributed by atoms with Crippen molar-refractivity contribution < 1.29 is 17.6 Å². The van der Waals surface area contributed by atoms with Gasteiger partial charge in [-0.15, -0.1) is 0 Å². The molecule has 21 heavy (non-hydrogen) atoms. The van der Waals surface area contributed by atoms with Crippen LogP contribution in [0.3, 0.4) is 0 Å². The molecule has 2 nitrogen and oxygen atoms in total. The first-order valence-corrected chi connectivity index (χ1v) is 7.08. The Hall–Kier alpha value is -1.14. The van der Waals surface area contributed by atoms with E-state index in [1.807, 2.05) is 6.92 Å². The molecule has 0 aliphatic carbocycles. The molecular weight excluding hydrogens is 284 g/mol. The van der Waals surface area contributed by atoms with Crippen LogP contribution >= 0.6 is 0 Å². The summed E-state index contributed by atoms with van der Waals surface area (Å²) in [7, 11) is 0. The Kier molecular flexibility index (Phi) is 5.22. The average Bonchev–Trinajstić information content (AvgIpc) is 2.79. The predicted octanol–water partition coefficient (Wildman–Crippen LogP) is 3.11. The molecule has 0 spiro atoms. The van der Waals surface area contributed by atoms with Crippen molar-refractivity contribution in [2.45, 2.75) is 26.1 Å². The lowest BCUT2D eigenvalue weighted by molar-refractivity contribution is -0.143. The Morgan fingerprint density at radius 3 is 2.81 bits per heavy atom. The van der Waals surface area contributed by atoms with E-state index in [4.69, 9.17) is 0 Å². The molecule has 1 aromatic rings. The molecular formula is C15H20F4N2. The molecule has 1 heterocycles. The number of nitrogens with one attached hydrogen (secondary N) is 1. The molecule has 0 radical (unpaired) electrons. The maximum atomic E-state index is 13.1. The fourth-order valence-electron chi connectivity index (χ4n) is 2.72. The maximum absolute atomic E-state index is 13.1. The summed E-state index contributed by atoms with van der Waals surface area (Å²) in [5.41, 5.74) is 1.90. The molecule has 1 N–H and O–H groups in total. The minimum absolute atomic E-state index is 0.223. The van der Waals surface area contributed by atoms with E-state index in [1.54, 1.807) is 6.07 Å². The van der Waals surface area contributed by atoms with E-state index in [2.05, 4.69) is 5.32 Å². The zero-order valence-corrected chi connectivity index (χ0v) is 12.0. The van der Waals surface area contributed by atoms with Crippen LogP contribution < -0.4 is 5.32 Å². The van der Waals surface area contributed by atoms with Crippen LogP contribution in [0.2, 0.25) is 0 Å². The molecule has 118 valence electrons. The summed E-state index contributed by atoms with van der Waals surface area (Å²) in [6.07, 6.45) is -3.35. The summed E-state index contributed by atoms with van der Waals surface area (Å²) in [6.45, 7) is 3.24. The number of likely N-dealkylation sites (tertiary alicyclic amines) is 1. The summed E-state index contributed by atoms with van der Waals surface area (Å²) < 4.78 is 50.0. The van der Waals surface area contributed by atoms with Crippen LogP contribution in [0, 0.1) is 18.7 Å². The van der Waals surface area contributed by atoms with Gasteiger partial charge in [0.15, 0.2) is 0 Å². The van der Waals surface area contributed by atoms with E-state index in [1.165, 1.54) is 17.0 Å². The number of rotatable bonds is 5. The van der Waals surface area contributed by atoms with Gasteiger partial charge in [0.2, 0.25) is 0 Å². The minimum Gasteiger partial charge on any atom is -0.312 e. The molecule has 1 fully saturated rings. The molecule has 0 amide bonds. The van der Waals surface area contributed by atoms with Crippen LogP contribution in [-0.4, -0.2) is 37.3 Å². The van der Waals surface area contributed by atoms with Crippen molar-refractivity contribution in [3.05, 3.63) is 35.1 Å². The van der Waals surface area contributed by atoms with Gasteiger partial charge in [-0.2, -0.15) is 13.2 Å². The highest BCUT2D eigenvalue weighted by molar-refractivity contribution is 5.26. The summed E-state index contributed by atoms with van der Waals surface area (Å²) in [5.74, 6) is -0.0455. The van der Waals surface area contributed by atoms with Gasteiger partial charge in [-0.05, 0) is 55.6 Å². The molecule has 1 aliphatic heterocycles. The van der Waals surface area contributed by atoms with Gasteiger partial charge in [0, 0.05) is 13.1 Å². The quantitative estimate of drug-likeness (QED) is 0.841. The van der Waals surface area contributed by atoms with Crippen LogP contribution in [0.5, 0.6) is 0 Å². The van der Waals surface area contributed by atoms with Crippen molar-refractivity contribution in [2.24, 2.45) is 5.92 Å². The van der Waals surface area contributed by atoms with Crippen LogP contribution in [0.4, 0.5) is 17.6 Å². The number of nitrogens with zero attached hydrogens (tertiary/aromatic N) is 1. The fourth-order valence-corrected chi connectivity index (χ4v) is 2.72. The van der Waals surface area contributed by atoms with Gasteiger partial charge in [-0.3, -0.25) is 4.90 Å². The number of alkyl halides is 3. The van der Waals surface area contributed by atoms with Crippen LogP contribution in [0.25, 0.3) is 0 Å². The smallest absolute Gasteiger partial charge is 0.312 e. The molecule has 6 heteroatoms. The summed E-state index contributed by atoms with van der Waals surface area (Å²) >= 11 is 0.